The molecule has 0 bridgehead atoms. The van der Waals surface area contributed by atoms with E-state index in [9.17, 15) is 9.59 Å². The highest BCUT2D eigenvalue weighted by Crippen LogP contribution is 2.27. The number of nitrogens with one attached hydrogen (secondary N) is 1. The van der Waals surface area contributed by atoms with Gasteiger partial charge in [0, 0.05) is 17.8 Å². The maximum Gasteiger partial charge on any atom is 0.260 e. The zero-order chi connectivity index (χ0) is 17.5. The maximum atomic E-state index is 11.9. The van der Waals surface area contributed by atoms with Gasteiger partial charge in [0.25, 0.3) is 11.5 Å². The first-order valence-electron chi connectivity index (χ1n) is 7.26. The average Bonchev–Trinajstić information content (AvgIpc) is 2.61. The van der Waals surface area contributed by atoms with E-state index in [1.165, 1.54) is 10.6 Å². The standard InChI is InChI=1S/C17H19N3O4/c1-12(13-7-8-14(23-2)15(10-13)24-3)18-19-16(21)11-20-9-5-4-6-17(20)22/h4-10H,11H2,1-3H3,(H,19,21)/b18-12-. The number of ether oxygens (including phenoxy) is 2. The van der Waals surface area contributed by atoms with E-state index in [1.54, 1.807) is 51.6 Å². The van der Waals surface area contributed by atoms with Gasteiger partial charge in [-0.2, -0.15) is 5.10 Å². The number of hydrogen-bond donors (Lipinski definition) is 1. The van der Waals surface area contributed by atoms with Crippen molar-refractivity contribution in [1.82, 2.24) is 9.99 Å². The molecular weight excluding hydrogens is 310 g/mol. The second-order valence-corrected chi connectivity index (χ2v) is 4.97. The van der Waals surface area contributed by atoms with Crippen LogP contribution in [-0.4, -0.2) is 30.4 Å². The summed E-state index contributed by atoms with van der Waals surface area (Å²) in [6, 6.07) is 10.0. The SMILES string of the molecule is COc1ccc(/C(C)=N\NC(=O)Cn2ccccc2=O)cc1OC. The Bertz CT molecular complexity index is 811. The van der Waals surface area contributed by atoms with Crippen LogP contribution in [0, 0.1) is 0 Å². The zero-order valence-corrected chi connectivity index (χ0v) is 13.8. The van der Waals surface area contributed by atoms with Gasteiger partial charge in [-0.3, -0.25) is 9.59 Å². The summed E-state index contributed by atoms with van der Waals surface area (Å²) in [5, 5.41) is 4.06. The Morgan fingerprint density at radius 2 is 1.92 bits per heavy atom. The Kier molecular flexibility index (Phi) is 5.73. The summed E-state index contributed by atoms with van der Waals surface area (Å²) >= 11 is 0. The molecule has 1 amide bonds. The second kappa shape index (κ2) is 7.96. The predicted molar refractivity (Wildman–Crippen MR) is 90.6 cm³/mol. The van der Waals surface area contributed by atoms with Crippen LogP contribution in [0.3, 0.4) is 0 Å². The Morgan fingerprint density at radius 3 is 2.58 bits per heavy atom. The number of pyridine rings is 1. The molecule has 0 saturated carbocycles. The van der Waals surface area contributed by atoms with E-state index in [2.05, 4.69) is 10.5 Å². The molecule has 0 aliphatic carbocycles. The maximum absolute atomic E-state index is 11.9. The van der Waals surface area contributed by atoms with Crippen LogP contribution < -0.4 is 20.5 Å². The highest BCUT2D eigenvalue weighted by molar-refractivity contribution is 5.99. The van der Waals surface area contributed by atoms with E-state index in [0.29, 0.717) is 17.2 Å². The van der Waals surface area contributed by atoms with Crippen LogP contribution in [0.15, 0.2) is 52.5 Å². The molecule has 1 aromatic carbocycles. The van der Waals surface area contributed by atoms with Gasteiger partial charge in [0.2, 0.25) is 0 Å². The molecule has 7 nitrogen and oxygen atoms in total. The van der Waals surface area contributed by atoms with Crippen molar-refractivity contribution < 1.29 is 14.3 Å². The van der Waals surface area contributed by atoms with Gasteiger partial charge in [0.05, 0.1) is 19.9 Å². The fourth-order valence-corrected chi connectivity index (χ4v) is 2.05. The van der Waals surface area contributed by atoms with Gasteiger partial charge in [-0.05, 0) is 31.2 Å². The predicted octanol–water partition coefficient (Wildman–Crippen LogP) is 1.41. The molecule has 126 valence electrons. The van der Waals surface area contributed by atoms with Crippen molar-refractivity contribution in [1.29, 1.82) is 0 Å². The van der Waals surface area contributed by atoms with Crippen molar-refractivity contribution in [3.63, 3.8) is 0 Å². The number of amides is 1. The van der Waals surface area contributed by atoms with E-state index >= 15 is 0 Å². The van der Waals surface area contributed by atoms with E-state index < -0.39 is 0 Å². The summed E-state index contributed by atoms with van der Waals surface area (Å²) in [7, 11) is 3.11. The number of carbonyl (C=O) groups excluding carboxylic acids is 1. The minimum Gasteiger partial charge on any atom is -0.493 e. The smallest absolute Gasteiger partial charge is 0.260 e. The van der Waals surface area contributed by atoms with E-state index in [-0.39, 0.29) is 18.0 Å². The van der Waals surface area contributed by atoms with Gasteiger partial charge >= 0.3 is 0 Å². The van der Waals surface area contributed by atoms with Crippen molar-refractivity contribution >= 4 is 11.6 Å². The molecule has 1 heterocycles. The Labute approximate surface area is 139 Å². The van der Waals surface area contributed by atoms with Crippen molar-refractivity contribution in [2.45, 2.75) is 13.5 Å². The highest BCUT2D eigenvalue weighted by Gasteiger charge is 2.07. The molecule has 24 heavy (non-hydrogen) atoms. The summed E-state index contributed by atoms with van der Waals surface area (Å²) in [6.45, 7) is 1.67. The molecule has 0 atom stereocenters. The topological polar surface area (TPSA) is 81.9 Å². The lowest BCUT2D eigenvalue weighted by molar-refractivity contribution is -0.121. The van der Waals surface area contributed by atoms with Gasteiger partial charge in [-0.25, -0.2) is 5.43 Å². The van der Waals surface area contributed by atoms with E-state index in [1.807, 2.05) is 6.07 Å². The summed E-state index contributed by atoms with van der Waals surface area (Å²) in [5.74, 6) is 0.802. The molecule has 0 saturated heterocycles. The molecule has 0 unspecified atom stereocenters. The molecule has 0 fully saturated rings. The third kappa shape index (κ3) is 4.22. The molecule has 0 radical (unpaired) electrons. The molecule has 1 N–H and O–H groups in total. The summed E-state index contributed by atoms with van der Waals surface area (Å²) < 4.78 is 11.7. The highest BCUT2D eigenvalue weighted by atomic mass is 16.5. The Hall–Kier alpha value is -3.09. The fourth-order valence-electron chi connectivity index (χ4n) is 2.05. The van der Waals surface area contributed by atoms with Gasteiger partial charge in [-0.15, -0.1) is 0 Å². The normalized spacial score (nSPS) is 11.0. The largest absolute Gasteiger partial charge is 0.493 e. The zero-order valence-electron chi connectivity index (χ0n) is 13.8. The molecule has 2 aromatic rings. The minimum atomic E-state index is -0.386. The second-order valence-electron chi connectivity index (χ2n) is 4.97. The number of carbonyl (C=O) groups is 1. The van der Waals surface area contributed by atoms with Crippen molar-refractivity contribution in [3.05, 3.63) is 58.5 Å². The molecule has 1 aromatic heterocycles. The summed E-state index contributed by atoms with van der Waals surface area (Å²) in [6.07, 6.45) is 1.55. The van der Waals surface area contributed by atoms with Gasteiger partial charge < -0.3 is 14.0 Å². The van der Waals surface area contributed by atoms with Crippen LogP contribution in [0.4, 0.5) is 0 Å². The van der Waals surface area contributed by atoms with Gasteiger partial charge in [0.1, 0.15) is 6.54 Å². The van der Waals surface area contributed by atoms with Gasteiger partial charge in [-0.1, -0.05) is 6.07 Å². The lowest BCUT2D eigenvalue weighted by Gasteiger charge is -2.09. The van der Waals surface area contributed by atoms with Crippen LogP contribution in [0.2, 0.25) is 0 Å². The first-order valence-corrected chi connectivity index (χ1v) is 7.26. The van der Waals surface area contributed by atoms with Crippen LogP contribution in [0.25, 0.3) is 0 Å². The Morgan fingerprint density at radius 1 is 1.17 bits per heavy atom. The lowest BCUT2D eigenvalue weighted by Crippen LogP contribution is -2.29. The lowest BCUT2D eigenvalue weighted by atomic mass is 10.1. The molecule has 7 heteroatoms. The quantitative estimate of drug-likeness (QED) is 0.642. The number of hydrazone groups is 1. The van der Waals surface area contributed by atoms with Crippen LogP contribution in [-0.2, 0) is 11.3 Å². The minimum absolute atomic E-state index is 0.0949. The number of hydrogen-bond acceptors (Lipinski definition) is 5. The summed E-state index contributed by atoms with van der Waals surface area (Å²) in [4.78, 5) is 23.5. The molecule has 0 aliphatic heterocycles. The van der Waals surface area contributed by atoms with Gasteiger partial charge in [0.15, 0.2) is 11.5 Å². The average molecular weight is 329 g/mol. The van der Waals surface area contributed by atoms with E-state index in [0.717, 1.165) is 5.56 Å². The number of methoxy groups -OCH3 is 2. The third-order valence-corrected chi connectivity index (χ3v) is 3.36. The molecule has 0 aliphatic rings. The van der Waals surface area contributed by atoms with Crippen LogP contribution >= 0.6 is 0 Å². The summed E-state index contributed by atoms with van der Waals surface area (Å²) in [5.41, 5.74) is 3.58. The van der Waals surface area contributed by atoms with Crippen molar-refractivity contribution in [2.24, 2.45) is 5.10 Å². The first kappa shape index (κ1) is 17.3. The van der Waals surface area contributed by atoms with E-state index in [4.69, 9.17) is 9.47 Å². The number of rotatable bonds is 6. The van der Waals surface area contributed by atoms with Crippen LogP contribution in [0.5, 0.6) is 11.5 Å². The van der Waals surface area contributed by atoms with Crippen LogP contribution in [0.1, 0.15) is 12.5 Å². The number of benzene rings is 1. The molecular formula is C17H19N3O4. The first-order chi connectivity index (χ1) is 11.5. The van der Waals surface area contributed by atoms with Crippen molar-refractivity contribution in [2.75, 3.05) is 14.2 Å². The number of aromatic nitrogens is 1. The van der Waals surface area contributed by atoms with Crippen molar-refractivity contribution in [3.8, 4) is 11.5 Å². The monoisotopic (exact) mass is 329 g/mol. The third-order valence-electron chi connectivity index (χ3n) is 3.36. The number of nitrogens with zero attached hydrogens (tertiary/aromatic N) is 2. The fraction of sp³-hybridized carbons (Fsp3) is 0.235. The molecule has 2 rings (SSSR count). The Balaban J connectivity index is 2.07. The molecule has 0 spiro atoms.